The molecule has 4 N–H and O–H groups in total. The van der Waals surface area contributed by atoms with Crippen LogP contribution in [0.15, 0.2) is 60.7 Å². The number of nitrogens with two attached hydrogens (primary N) is 1. The summed E-state index contributed by atoms with van der Waals surface area (Å²) in [7, 11) is 0. The first-order valence-electron chi connectivity index (χ1n) is 10.8. The maximum Gasteiger partial charge on any atom is 0.321 e. The second kappa shape index (κ2) is 14.3. The number of carbonyl (C=O) groups is 3. The number of primary amides is 1. The predicted octanol–water partition coefficient (Wildman–Crippen LogP) is 3.18. The van der Waals surface area contributed by atoms with Crippen molar-refractivity contribution >= 4 is 30.5 Å². The number of rotatable bonds is 11. The van der Waals surface area contributed by atoms with Crippen molar-refractivity contribution in [1.29, 1.82) is 0 Å². The minimum Gasteiger partial charge on any atom is -0.480 e. The van der Waals surface area contributed by atoms with Crippen LogP contribution in [-0.2, 0) is 31.1 Å². The Morgan fingerprint density at radius 3 is 2.06 bits per heavy atom. The smallest absolute Gasteiger partial charge is 0.321 e. The SMILES string of the molecule is CC(N)=O.CCC(=O)OC(Cc1ccccc1)(c1ccccc1)C(C)CN[C@@H](CS)C(=O)O. The van der Waals surface area contributed by atoms with E-state index in [0.717, 1.165) is 11.1 Å². The third-order valence-electron chi connectivity index (χ3n) is 5.10. The third kappa shape index (κ3) is 9.27. The Morgan fingerprint density at radius 1 is 1.09 bits per heavy atom. The Labute approximate surface area is 201 Å². The van der Waals surface area contributed by atoms with Crippen LogP contribution in [-0.4, -0.2) is 41.3 Å². The van der Waals surface area contributed by atoms with Crippen molar-refractivity contribution < 1.29 is 24.2 Å². The maximum atomic E-state index is 12.4. The van der Waals surface area contributed by atoms with Gasteiger partial charge >= 0.3 is 11.9 Å². The molecule has 0 aliphatic heterocycles. The molecule has 180 valence electrons. The number of amides is 1. The molecule has 0 fully saturated rings. The molecule has 0 spiro atoms. The van der Waals surface area contributed by atoms with Gasteiger partial charge in [0.05, 0.1) is 0 Å². The number of hydrogen-bond donors (Lipinski definition) is 4. The number of esters is 1. The van der Waals surface area contributed by atoms with E-state index in [1.165, 1.54) is 6.92 Å². The molecular weight excluding hydrogens is 440 g/mol. The number of carboxylic acid groups (broad SMARTS) is 1. The largest absolute Gasteiger partial charge is 0.480 e. The zero-order valence-corrected chi connectivity index (χ0v) is 20.3. The van der Waals surface area contributed by atoms with Crippen molar-refractivity contribution in [3.05, 3.63) is 71.8 Å². The summed E-state index contributed by atoms with van der Waals surface area (Å²) in [6.07, 6.45) is 0.753. The molecule has 2 unspecified atom stereocenters. The van der Waals surface area contributed by atoms with Crippen LogP contribution in [0.5, 0.6) is 0 Å². The first-order valence-corrected chi connectivity index (χ1v) is 11.4. The lowest BCUT2D eigenvalue weighted by molar-refractivity contribution is -0.167. The molecule has 33 heavy (non-hydrogen) atoms. The predicted molar refractivity (Wildman–Crippen MR) is 132 cm³/mol. The summed E-state index contributed by atoms with van der Waals surface area (Å²) in [5, 5.41) is 12.4. The molecule has 8 heteroatoms. The van der Waals surface area contributed by atoms with Crippen molar-refractivity contribution in [3.8, 4) is 0 Å². The fraction of sp³-hybridized carbons (Fsp3) is 0.400. The first kappa shape index (κ1) is 28.2. The van der Waals surface area contributed by atoms with Crippen molar-refractivity contribution in [3.63, 3.8) is 0 Å². The first-order chi connectivity index (χ1) is 15.7. The summed E-state index contributed by atoms with van der Waals surface area (Å²) in [5.41, 5.74) is 5.47. The summed E-state index contributed by atoms with van der Waals surface area (Å²) in [6.45, 7) is 5.41. The Hall–Kier alpha value is -2.84. The molecule has 0 bridgehead atoms. The fourth-order valence-corrected chi connectivity index (χ4v) is 3.65. The molecule has 2 aromatic rings. The van der Waals surface area contributed by atoms with E-state index in [2.05, 4.69) is 23.7 Å². The molecular formula is C25H34N2O5S. The average molecular weight is 475 g/mol. The number of benzene rings is 2. The van der Waals surface area contributed by atoms with Gasteiger partial charge in [0.1, 0.15) is 11.6 Å². The van der Waals surface area contributed by atoms with Gasteiger partial charge < -0.3 is 20.9 Å². The molecule has 7 nitrogen and oxygen atoms in total. The lowest BCUT2D eigenvalue weighted by Gasteiger charge is -2.40. The lowest BCUT2D eigenvalue weighted by atomic mass is 9.77. The minimum absolute atomic E-state index is 0.174. The molecule has 2 aromatic carbocycles. The summed E-state index contributed by atoms with van der Waals surface area (Å²) < 4.78 is 6.12. The van der Waals surface area contributed by atoms with Gasteiger partial charge in [-0.1, -0.05) is 74.5 Å². The highest BCUT2D eigenvalue weighted by atomic mass is 32.1. The van der Waals surface area contributed by atoms with E-state index in [9.17, 15) is 19.5 Å². The van der Waals surface area contributed by atoms with Gasteiger partial charge in [-0.15, -0.1) is 0 Å². The minimum atomic E-state index is -0.953. The van der Waals surface area contributed by atoms with E-state index in [1.807, 2.05) is 67.6 Å². The number of thiol groups is 1. The van der Waals surface area contributed by atoms with E-state index in [-0.39, 0.29) is 30.0 Å². The van der Waals surface area contributed by atoms with Gasteiger partial charge in [0.25, 0.3) is 0 Å². The third-order valence-corrected chi connectivity index (χ3v) is 5.47. The molecule has 0 aliphatic rings. The molecule has 1 amide bonds. The van der Waals surface area contributed by atoms with Crippen LogP contribution in [0.25, 0.3) is 0 Å². The summed E-state index contributed by atoms with van der Waals surface area (Å²) in [4.78, 5) is 33.1. The Bertz CT molecular complexity index is 875. The Kier molecular flexibility index (Phi) is 12.2. The molecule has 0 saturated carbocycles. The fourth-order valence-electron chi connectivity index (χ4n) is 3.36. The molecule has 0 radical (unpaired) electrons. The summed E-state index contributed by atoms with van der Waals surface area (Å²) in [5.74, 6) is -1.59. The van der Waals surface area contributed by atoms with E-state index < -0.39 is 17.6 Å². The van der Waals surface area contributed by atoms with Gasteiger partial charge in [-0.3, -0.25) is 14.4 Å². The Morgan fingerprint density at radius 2 is 1.61 bits per heavy atom. The van der Waals surface area contributed by atoms with Crippen LogP contribution in [0.4, 0.5) is 0 Å². The van der Waals surface area contributed by atoms with E-state index in [1.54, 1.807) is 6.92 Å². The van der Waals surface area contributed by atoms with E-state index in [0.29, 0.717) is 13.0 Å². The molecule has 0 aromatic heterocycles. The maximum absolute atomic E-state index is 12.4. The second-order valence-electron chi connectivity index (χ2n) is 7.74. The monoisotopic (exact) mass is 474 g/mol. The van der Waals surface area contributed by atoms with Crippen molar-refractivity contribution in [1.82, 2.24) is 5.32 Å². The number of ether oxygens (including phenoxy) is 1. The highest BCUT2D eigenvalue weighted by Gasteiger charge is 2.42. The van der Waals surface area contributed by atoms with Crippen LogP contribution in [0.1, 0.15) is 38.3 Å². The van der Waals surface area contributed by atoms with Gasteiger partial charge in [0.2, 0.25) is 5.91 Å². The van der Waals surface area contributed by atoms with Crippen molar-refractivity contribution in [2.24, 2.45) is 11.7 Å². The molecule has 2 rings (SSSR count). The van der Waals surface area contributed by atoms with E-state index >= 15 is 0 Å². The van der Waals surface area contributed by atoms with Gasteiger partial charge in [-0.2, -0.15) is 12.6 Å². The topological polar surface area (TPSA) is 119 Å². The quantitative estimate of drug-likeness (QED) is 0.293. The lowest BCUT2D eigenvalue weighted by Crippen LogP contribution is -2.48. The summed E-state index contributed by atoms with van der Waals surface area (Å²) >= 11 is 4.12. The van der Waals surface area contributed by atoms with Gasteiger partial charge in [0.15, 0.2) is 0 Å². The van der Waals surface area contributed by atoms with Gasteiger partial charge in [-0.25, -0.2) is 0 Å². The molecule has 0 aliphatic carbocycles. The number of aliphatic carboxylic acids is 1. The second-order valence-corrected chi connectivity index (χ2v) is 8.10. The standard InChI is InChI=1S/C23H29NO4S.C2H5NO/c1-3-21(25)28-23(19-12-8-5-9-13-19,14-18-10-6-4-7-11-18)17(2)15-24-20(16-29)22(26)27;1-2(3)4/h4-13,17,20,24,29H,3,14-16H2,1-2H3,(H,26,27);1H3,(H2,3,4)/t17?,20-,23?;/m0./s1. The van der Waals surface area contributed by atoms with Crippen LogP contribution in [0.3, 0.4) is 0 Å². The Balaban J connectivity index is 0.00000125. The van der Waals surface area contributed by atoms with Crippen LogP contribution < -0.4 is 11.1 Å². The number of hydrogen-bond acceptors (Lipinski definition) is 6. The zero-order valence-electron chi connectivity index (χ0n) is 19.4. The highest BCUT2D eigenvalue weighted by Crippen LogP contribution is 2.38. The summed E-state index contributed by atoms with van der Waals surface area (Å²) in [6, 6.07) is 18.8. The number of carboxylic acids is 1. The van der Waals surface area contributed by atoms with Crippen LogP contribution in [0, 0.1) is 5.92 Å². The van der Waals surface area contributed by atoms with E-state index in [4.69, 9.17) is 4.74 Å². The zero-order chi connectivity index (χ0) is 24.9. The van der Waals surface area contributed by atoms with Crippen LogP contribution >= 0.6 is 12.6 Å². The molecule has 0 heterocycles. The average Bonchev–Trinajstić information content (AvgIpc) is 2.79. The molecule has 3 atom stereocenters. The van der Waals surface area contributed by atoms with Crippen molar-refractivity contribution in [2.75, 3.05) is 12.3 Å². The normalized spacial score (nSPS) is 14.1. The van der Waals surface area contributed by atoms with Crippen molar-refractivity contribution in [2.45, 2.75) is 45.3 Å². The van der Waals surface area contributed by atoms with Gasteiger partial charge in [-0.05, 0) is 11.1 Å². The number of nitrogens with one attached hydrogen (secondary N) is 1. The van der Waals surface area contributed by atoms with Gasteiger partial charge in [0, 0.05) is 38.0 Å². The number of carbonyl (C=O) groups excluding carboxylic acids is 2. The molecule has 0 saturated heterocycles. The highest BCUT2D eigenvalue weighted by molar-refractivity contribution is 7.80. The van der Waals surface area contributed by atoms with Crippen LogP contribution in [0.2, 0.25) is 0 Å².